The molecule has 0 radical (unpaired) electrons. The van der Waals surface area contributed by atoms with E-state index in [1.54, 1.807) is 51.7 Å². The summed E-state index contributed by atoms with van der Waals surface area (Å²) >= 11 is 0. The maximum absolute atomic E-state index is 13.3. The lowest BCUT2D eigenvalue weighted by atomic mass is 9.39. The second-order valence-corrected chi connectivity index (χ2v) is 13.4. The van der Waals surface area contributed by atoms with Crippen LogP contribution in [-0.2, 0) is 33.2 Å². The molecular weight excluding hydrogens is 574 g/mol. The molecule has 12 nitrogen and oxygen atoms in total. The number of nitrogens with zero attached hydrogens (tertiary/aromatic N) is 1. The van der Waals surface area contributed by atoms with Crippen LogP contribution in [0.3, 0.4) is 0 Å². The molecule has 1 aromatic rings. The first-order valence-electron chi connectivity index (χ1n) is 15.3. The van der Waals surface area contributed by atoms with Crippen LogP contribution in [0.25, 0.3) is 0 Å². The maximum atomic E-state index is 13.3. The molecule has 5 fully saturated rings. The monoisotopic (exact) mass is 619 g/mol. The Kier molecular flexibility index (Phi) is 8.15. The fourth-order valence-electron chi connectivity index (χ4n) is 11.1. The molecule has 12 heteroatoms. The zero-order valence-electron chi connectivity index (χ0n) is 26.1. The molecule has 44 heavy (non-hydrogen) atoms. The average Bonchev–Trinajstić information content (AvgIpc) is 3.22. The predicted octanol–water partition coefficient (Wildman–Crippen LogP) is 0.463. The van der Waals surface area contributed by atoms with E-state index in [1.165, 1.54) is 14.0 Å². The lowest BCUT2D eigenvalue weighted by molar-refractivity contribution is -0.347. The lowest BCUT2D eigenvalue weighted by Crippen LogP contribution is -2.82. The highest BCUT2D eigenvalue weighted by molar-refractivity contribution is 5.89. The van der Waals surface area contributed by atoms with E-state index in [0.29, 0.717) is 13.0 Å². The summed E-state index contributed by atoms with van der Waals surface area (Å²) in [6.07, 6.45) is -5.42. The van der Waals surface area contributed by atoms with Crippen molar-refractivity contribution in [3.63, 3.8) is 0 Å². The lowest BCUT2D eigenvalue weighted by Gasteiger charge is -2.72. The molecule has 4 aliphatic carbocycles. The van der Waals surface area contributed by atoms with Crippen LogP contribution in [-0.4, -0.2) is 129 Å². The number of aliphatic hydroxyl groups excluding tert-OH is 3. The van der Waals surface area contributed by atoms with Crippen LogP contribution in [0.15, 0.2) is 30.3 Å². The number of hydrogen-bond donors (Lipinski definition) is 3. The van der Waals surface area contributed by atoms with Gasteiger partial charge in [-0.2, -0.15) is 0 Å². The van der Waals surface area contributed by atoms with Crippen LogP contribution in [0.4, 0.5) is 0 Å². The number of likely N-dealkylation sites (tertiary alicyclic amines) is 1. The van der Waals surface area contributed by atoms with E-state index in [2.05, 4.69) is 4.90 Å². The van der Waals surface area contributed by atoms with Crippen molar-refractivity contribution in [1.29, 1.82) is 0 Å². The molecule has 7 bridgehead atoms. The fraction of sp³-hybridized carbons (Fsp3) is 0.750. The molecule has 14 atom stereocenters. The first kappa shape index (κ1) is 31.8. The number of methoxy groups -OCH3 is 4. The summed E-state index contributed by atoms with van der Waals surface area (Å²) in [6, 6.07) is 7.96. The Hall–Kier alpha value is -2.16. The Morgan fingerprint density at radius 3 is 2.34 bits per heavy atom. The summed E-state index contributed by atoms with van der Waals surface area (Å²) < 4.78 is 36.4. The van der Waals surface area contributed by atoms with E-state index in [9.17, 15) is 24.9 Å². The van der Waals surface area contributed by atoms with Crippen LogP contribution in [0, 0.1) is 34.5 Å². The Labute approximate surface area is 257 Å². The molecule has 1 spiro atoms. The minimum Gasteiger partial charge on any atom is -0.455 e. The summed E-state index contributed by atoms with van der Waals surface area (Å²) in [4.78, 5) is 28.5. The molecule has 4 saturated carbocycles. The number of fused-ring (bicyclic) bond motifs is 3. The van der Waals surface area contributed by atoms with Gasteiger partial charge in [0.15, 0.2) is 5.60 Å². The quantitative estimate of drug-likeness (QED) is 0.260. The Balaban J connectivity index is 1.62. The Morgan fingerprint density at radius 1 is 1.05 bits per heavy atom. The first-order chi connectivity index (χ1) is 21.0. The number of rotatable bonds is 9. The SMILES string of the molecule is COC[C@]12CN(C)[C@@H]3[C@@H]4[C@H](OC)[C@H]1[C@@]3([C@@H](OC)C[C@H]2O)[C@@H]1C[C@@H](OC)[C@H](O)[C@@]4(OC(C)=O)[C@H]1C(O)OC(=O)c1ccccc1. The molecule has 1 saturated heterocycles. The van der Waals surface area contributed by atoms with Crippen LogP contribution in [0.5, 0.6) is 0 Å². The van der Waals surface area contributed by atoms with Gasteiger partial charge in [-0.15, -0.1) is 0 Å². The van der Waals surface area contributed by atoms with Gasteiger partial charge in [-0.05, 0) is 31.5 Å². The van der Waals surface area contributed by atoms with Gasteiger partial charge in [-0.3, -0.25) is 4.79 Å². The zero-order chi connectivity index (χ0) is 31.8. The van der Waals surface area contributed by atoms with Crippen molar-refractivity contribution in [2.24, 2.45) is 34.5 Å². The van der Waals surface area contributed by atoms with Crippen molar-refractivity contribution in [2.75, 3.05) is 48.6 Å². The summed E-state index contributed by atoms with van der Waals surface area (Å²) in [5, 5.41) is 36.1. The minimum atomic E-state index is -1.79. The molecule has 0 amide bonds. The molecule has 1 aromatic carbocycles. The van der Waals surface area contributed by atoms with E-state index < -0.39 is 88.9 Å². The largest absolute Gasteiger partial charge is 0.455 e. The van der Waals surface area contributed by atoms with Gasteiger partial charge in [0.2, 0.25) is 6.29 Å². The smallest absolute Gasteiger partial charge is 0.340 e. The van der Waals surface area contributed by atoms with Crippen molar-refractivity contribution in [2.45, 2.75) is 68.2 Å². The molecule has 3 N–H and O–H groups in total. The van der Waals surface area contributed by atoms with Crippen LogP contribution in [0.2, 0.25) is 0 Å². The predicted molar refractivity (Wildman–Crippen MR) is 153 cm³/mol. The van der Waals surface area contributed by atoms with Gasteiger partial charge in [-0.25, -0.2) is 4.79 Å². The van der Waals surface area contributed by atoms with E-state index >= 15 is 0 Å². The number of carbonyl (C=O) groups is 2. The number of carbonyl (C=O) groups excluding carboxylic acids is 2. The number of aliphatic hydroxyl groups is 3. The fourth-order valence-corrected chi connectivity index (χ4v) is 11.1. The van der Waals surface area contributed by atoms with Crippen LogP contribution < -0.4 is 0 Å². The average molecular weight is 620 g/mol. The summed E-state index contributed by atoms with van der Waals surface area (Å²) in [5.41, 5.74) is -3.17. The van der Waals surface area contributed by atoms with Gasteiger partial charge >= 0.3 is 11.9 Å². The summed E-state index contributed by atoms with van der Waals surface area (Å²) in [6.45, 7) is 1.95. The minimum absolute atomic E-state index is 0.223. The number of benzene rings is 1. The van der Waals surface area contributed by atoms with Gasteiger partial charge in [0.1, 0.15) is 6.10 Å². The second-order valence-electron chi connectivity index (χ2n) is 13.4. The second kappa shape index (κ2) is 11.3. The standard InChI is InChI=1S/C32H45NO11/c1-16(34)44-32-22(29(38)43-28(37)17-10-8-7-9-11-17)18(12-19(40-4)27(32)36)31-21(41-5)13-20(35)30(15-39-3)14-33(2)26(31)23(32)24(42-6)25(30)31/h7-11,18-27,29,35-36,38H,12-15H2,1-6H3/t18-,19-,20-,21+,22-,23+,24+,25-,26-,27+,29?,30+,31+,32-/m1/s1. The third kappa shape index (κ3) is 3.92. The number of piperidine rings is 1. The zero-order valence-corrected chi connectivity index (χ0v) is 26.1. The Bertz CT molecular complexity index is 1250. The van der Waals surface area contributed by atoms with Gasteiger partial charge in [0.25, 0.3) is 0 Å². The van der Waals surface area contributed by atoms with Gasteiger partial charge < -0.3 is 48.6 Å². The number of hydrogen-bond acceptors (Lipinski definition) is 12. The molecule has 6 rings (SSSR count). The summed E-state index contributed by atoms with van der Waals surface area (Å²) in [7, 11) is 8.24. The molecule has 0 aromatic heterocycles. The van der Waals surface area contributed by atoms with Crippen molar-refractivity contribution in [3.8, 4) is 0 Å². The third-order valence-corrected chi connectivity index (χ3v) is 11.9. The molecule has 244 valence electrons. The van der Waals surface area contributed by atoms with Crippen LogP contribution in [0.1, 0.15) is 30.1 Å². The van der Waals surface area contributed by atoms with E-state index in [1.807, 2.05) is 7.05 Å². The molecule has 5 aliphatic rings. The Morgan fingerprint density at radius 2 is 1.75 bits per heavy atom. The molecule has 1 aliphatic heterocycles. The molecular formula is C32H45NO11. The summed E-state index contributed by atoms with van der Waals surface area (Å²) in [5.74, 6) is -4.20. The van der Waals surface area contributed by atoms with Gasteiger partial charge in [0, 0.05) is 77.0 Å². The van der Waals surface area contributed by atoms with Crippen molar-refractivity contribution >= 4 is 11.9 Å². The highest BCUT2D eigenvalue weighted by Gasteiger charge is 2.88. The van der Waals surface area contributed by atoms with Crippen LogP contribution >= 0.6 is 0 Å². The van der Waals surface area contributed by atoms with E-state index in [4.69, 9.17) is 28.4 Å². The highest BCUT2D eigenvalue weighted by Crippen LogP contribution is 2.78. The molecule has 1 heterocycles. The van der Waals surface area contributed by atoms with Crippen molar-refractivity contribution in [1.82, 2.24) is 4.90 Å². The van der Waals surface area contributed by atoms with E-state index in [-0.39, 0.29) is 24.6 Å². The maximum Gasteiger partial charge on any atom is 0.340 e. The topological polar surface area (TPSA) is 153 Å². The van der Waals surface area contributed by atoms with Gasteiger partial charge in [-0.1, -0.05) is 18.2 Å². The number of ether oxygens (including phenoxy) is 6. The third-order valence-electron chi connectivity index (χ3n) is 11.9. The first-order valence-corrected chi connectivity index (χ1v) is 15.3. The highest BCUT2D eigenvalue weighted by atomic mass is 16.6. The van der Waals surface area contributed by atoms with Gasteiger partial charge in [0.05, 0.1) is 42.5 Å². The normalized spacial score (nSPS) is 46.3. The van der Waals surface area contributed by atoms with Crippen molar-refractivity contribution in [3.05, 3.63) is 35.9 Å². The molecule has 1 unspecified atom stereocenters. The number of esters is 2. The van der Waals surface area contributed by atoms with Crippen molar-refractivity contribution < 1.29 is 53.3 Å². The van der Waals surface area contributed by atoms with E-state index in [0.717, 1.165) is 0 Å².